The molecule has 84 valence electrons. The van der Waals surface area contributed by atoms with Gasteiger partial charge in [0.05, 0.1) is 9.77 Å². The van der Waals surface area contributed by atoms with Crippen molar-refractivity contribution in [3.05, 3.63) is 11.1 Å². The Bertz CT molecular complexity index is 404. The van der Waals surface area contributed by atoms with Gasteiger partial charge in [-0.15, -0.1) is 0 Å². The molecule has 0 aromatic carbocycles. The molecule has 0 aromatic heterocycles. The topological polar surface area (TPSA) is 47.6 Å². The number of nitrogens with one attached hydrogen (secondary N) is 1. The molecule has 16 heavy (non-hydrogen) atoms. The van der Waals surface area contributed by atoms with Crippen LogP contribution in [0.25, 0.3) is 0 Å². The van der Waals surface area contributed by atoms with Gasteiger partial charge in [0, 0.05) is 5.92 Å². The standard InChI is InChI=1S/C12H14N2S2/c13-7-10-8-5-3-1-2-4-6-9(8)12(15)16-11(10)14/h9,14H,1-6H2. The van der Waals surface area contributed by atoms with Gasteiger partial charge in [-0.05, 0) is 24.8 Å². The molecule has 2 nitrogen and oxygen atoms in total. The van der Waals surface area contributed by atoms with Gasteiger partial charge in [0.25, 0.3) is 0 Å². The van der Waals surface area contributed by atoms with Crippen molar-refractivity contribution in [2.45, 2.75) is 38.5 Å². The van der Waals surface area contributed by atoms with Crippen molar-refractivity contribution in [3.63, 3.8) is 0 Å². The van der Waals surface area contributed by atoms with Crippen LogP contribution in [0.4, 0.5) is 0 Å². The van der Waals surface area contributed by atoms with Crippen molar-refractivity contribution in [3.8, 4) is 6.07 Å². The third-order valence-electron chi connectivity index (χ3n) is 3.26. The fourth-order valence-electron chi connectivity index (χ4n) is 2.42. The van der Waals surface area contributed by atoms with Gasteiger partial charge in [-0.2, -0.15) is 5.26 Å². The first-order chi connectivity index (χ1) is 7.74. The number of fused-ring (bicyclic) bond motifs is 1. The summed E-state index contributed by atoms with van der Waals surface area (Å²) in [4.78, 5) is 0. The predicted octanol–water partition coefficient (Wildman–Crippen LogP) is 3.83. The molecule has 1 unspecified atom stereocenters. The first-order valence-electron chi connectivity index (χ1n) is 5.68. The summed E-state index contributed by atoms with van der Waals surface area (Å²) in [5.74, 6) is 0.282. The van der Waals surface area contributed by atoms with Crippen LogP contribution in [0, 0.1) is 22.7 Å². The molecule has 2 aliphatic rings. The first-order valence-corrected chi connectivity index (χ1v) is 6.90. The molecule has 2 rings (SSSR count). The van der Waals surface area contributed by atoms with Crippen LogP contribution in [0.3, 0.4) is 0 Å². The monoisotopic (exact) mass is 250 g/mol. The summed E-state index contributed by atoms with van der Waals surface area (Å²) in [6.07, 6.45) is 6.87. The van der Waals surface area contributed by atoms with Crippen LogP contribution in [0.1, 0.15) is 38.5 Å². The van der Waals surface area contributed by atoms with E-state index < -0.39 is 0 Å². The molecular weight excluding hydrogens is 236 g/mol. The summed E-state index contributed by atoms with van der Waals surface area (Å²) in [5.41, 5.74) is 1.75. The lowest BCUT2D eigenvalue weighted by Crippen LogP contribution is -2.23. The number of nitrogens with zero attached hydrogens (tertiary/aromatic N) is 1. The number of allylic oxidation sites excluding steroid dienone is 1. The minimum atomic E-state index is 0.282. The molecule has 4 heteroatoms. The molecule has 0 amide bonds. The lowest BCUT2D eigenvalue weighted by molar-refractivity contribution is 0.532. The second kappa shape index (κ2) is 5.11. The van der Waals surface area contributed by atoms with Crippen LogP contribution in [0.2, 0.25) is 0 Å². The van der Waals surface area contributed by atoms with Gasteiger partial charge in [0.1, 0.15) is 11.1 Å². The number of nitriles is 1. The van der Waals surface area contributed by atoms with Crippen LogP contribution in [0.5, 0.6) is 0 Å². The van der Waals surface area contributed by atoms with Crippen LogP contribution < -0.4 is 0 Å². The van der Waals surface area contributed by atoms with Crippen LogP contribution in [0.15, 0.2) is 11.1 Å². The maximum Gasteiger partial charge on any atom is 0.110 e. The van der Waals surface area contributed by atoms with Gasteiger partial charge in [-0.3, -0.25) is 5.41 Å². The summed E-state index contributed by atoms with van der Waals surface area (Å²) >= 11 is 6.67. The van der Waals surface area contributed by atoms with E-state index in [-0.39, 0.29) is 5.92 Å². The molecule has 1 N–H and O–H groups in total. The summed E-state index contributed by atoms with van der Waals surface area (Å²) in [6, 6.07) is 2.20. The molecule has 0 spiro atoms. The van der Waals surface area contributed by atoms with Gasteiger partial charge in [-0.25, -0.2) is 0 Å². The summed E-state index contributed by atoms with van der Waals surface area (Å²) in [7, 11) is 0. The van der Waals surface area contributed by atoms with E-state index in [1.165, 1.54) is 31.0 Å². The van der Waals surface area contributed by atoms with Gasteiger partial charge < -0.3 is 0 Å². The van der Waals surface area contributed by atoms with Gasteiger partial charge in [0.2, 0.25) is 0 Å². The zero-order valence-corrected chi connectivity index (χ0v) is 10.7. The van der Waals surface area contributed by atoms with Crippen molar-refractivity contribution in [1.82, 2.24) is 0 Å². The Labute approximate surface area is 106 Å². The highest BCUT2D eigenvalue weighted by Crippen LogP contribution is 2.39. The summed E-state index contributed by atoms with van der Waals surface area (Å²) in [5, 5.41) is 17.3. The number of thiocarbonyl (C=S) groups is 1. The molecule has 0 radical (unpaired) electrons. The largest absolute Gasteiger partial charge is 0.292 e. The molecule has 1 saturated carbocycles. The highest BCUT2D eigenvalue weighted by molar-refractivity contribution is 8.33. The van der Waals surface area contributed by atoms with Gasteiger partial charge in [-0.1, -0.05) is 43.2 Å². The molecule has 1 heterocycles. The van der Waals surface area contributed by atoms with Crippen molar-refractivity contribution >= 4 is 33.2 Å². The minimum Gasteiger partial charge on any atom is -0.292 e. The van der Waals surface area contributed by atoms with Crippen molar-refractivity contribution in [2.75, 3.05) is 0 Å². The van der Waals surface area contributed by atoms with Gasteiger partial charge >= 0.3 is 0 Å². The van der Waals surface area contributed by atoms with E-state index in [2.05, 4.69) is 6.07 Å². The summed E-state index contributed by atoms with van der Waals surface area (Å²) in [6.45, 7) is 0. The van der Waals surface area contributed by atoms with E-state index in [0.717, 1.165) is 29.0 Å². The third kappa shape index (κ3) is 2.21. The molecule has 1 atom stereocenters. The highest BCUT2D eigenvalue weighted by Gasteiger charge is 2.31. The zero-order valence-electron chi connectivity index (χ0n) is 9.08. The van der Waals surface area contributed by atoms with Crippen LogP contribution in [-0.2, 0) is 0 Å². The molecule has 0 saturated heterocycles. The average molecular weight is 250 g/mol. The predicted molar refractivity (Wildman–Crippen MR) is 71.7 cm³/mol. The zero-order chi connectivity index (χ0) is 11.5. The normalized spacial score (nSPS) is 26.8. The van der Waals surface area contributed by atoms with E-state index >= 15 is 0 Å². The SMILES string of the molecule is N#CC1=C2CCCCCCC2C(=S)SC1=N. The first kappa shape index (κ1) is 11.8. The highest BCUT2D eigenvalue weighted by atomic mass is 32.2. The number of rotatable bonds is 0. The molecule has 1 aliphatic heterocycles. The smallest absolute Gasteiger partial charge is 0.110 e. The molecule has 1 aliphatic carbocycles. The minimum absolute atomic E-state index is 0.282. The van der Waals surface area contributed by atoms with Gasteiger partial charge in [0.15, 0.2) is 0 Å². The quantitative estimate of drug-likeness (QED) is 0.665. The Hall–Kier alpha value is -0.660. The van der Waals surface area contributed by atoms with E-state index in [1.807, 2.05) is 0 Å². The number of hydrogen-bond acceptors (Lipinski definition) is 4. The van der Waals surface area contributed by atoms with Crippen molar-refractivity contribution in [1.29, 1.82) is 10.7 Å². The Kier molecular flexibility index (Phi) is 3.78. The second-order valence-electron chi connectivity index (χ2n) is 4.27. The maximum atomic E-state index is 9.14. The fraction of sp³-hybridized carbons (Fsp3) is 0.583. The van der Waals surface area contributed by atoms with Crippen LogP contribution in [-0.4, -0.2) is 9.24 Å². The Balaban J connectivity index is 2.39. The van der Waals surface area contributed by atoms with Crippen molar-refractivity contribution < 1.29 is 0 Å². The Morgan fingerprint density at radius 1 is 1.31 bits per heavy atom. The fourth-order valence-corrected chi connectivity index (χ4v) is 3.81. The van der Waals surface area contributed by atoms with E-state index in [1.54, 1.807) is 0 Å². The molecule has 0 aromatic rings. The Morgan fingerprint density at radius 3 is 2.81 bits per heavy atom. The number of thioether (sulfide) groups is 1. The average Bonchev–Trinajstić information content (AvgIpc) is 2.20. The number of hydrogen-bond donors (Lipinski definition) is 1. The Morgan fingerprint density at radius 2 is 2.06 bits per heavy atom. The maximum absolute atomic E-state index is 9.14. The molecule has 0 bridgehead atoms. The lowest BCUT2D eigenvalue weighted by atomic mass is 9.84. The second-order valence-corrected chi connectivity index (χ2v) is 6.02. The third-order valence-corrected chi connectivity index (χ3v) is 4.69. The summed E-state index contributed by atoms with van der Waals surface area (Å²) < 4.78 is 0.904. The molecule has 1 fully saturated rings. The van der Waals surface area contributed by atoms with E-state index in [9.17, 15) is 0 Å². The lowest BCUT2D eigenvalue weighted by Gasteiger charge is -2.28. The van der Waals surface area contributed by atoms with Crippen LogP contribution >= 0.6 is 24.0 Å². The van der Waals surface area contributed by atoms with Crippen molar-refractivity contribution in [2.24, 2.45) is 5.92 Å². The molecular formula is C12H14N2S2. The van der Waals surface area contributed by atoms with E-state index in [4.69, 9.17) is 22.9 Å². The van der Waals surface area contributed by atoms with E-state index in [0.29, 0.717) is 10.6 Å².